The topological polar surface area (TPSA) is 0 Å². The van der Waals surface area contributed by atoms with Crippen LogP contribution in [0.15, 0.2) is 24.3 Å². The van der Waals surface area contributed by atoms with E-state index in [9.17, 15) is 0 Å². The average molecular weight is 188 g/mol. The predicted molar refractivity (Wildman–Crippen MR) is 61.4 cm³/mol. The SMILES string of the molecule is C#Cc1ccccc1C[Si](C)(C)C. The molecule has 1 aromatic carbocycles. The number of terminal acetylenes is 1. The van der Waals surface area contributed by atoms with Crippen LogP contribution < -0.4 is 0 Å². The van der Waals surface area contributed by atoms with Gasteiger partial charge in [-0.2, -0.15) is 0 Å². The zero-order chi connectivity index (χ0) is 9.90. The van der Waals surface area contributed by atoms with E-state index in [1.807, 2.05) is 12.1 Å². The van der Waals surface area contributed by atoms with Crippen LogP contribution in [0.2, 0.25) is 19.6 Å². The molecular weight excluding hydrogens is 172 g/mol. The summed E-state index contributed by atoms with van der Waals surface area (Å²) >= 11 is 0. The highest BCUT2D eigenvalue weighted by Crippen LogP contribution is 2.14. The van der Waals surface area contributed by atoms with Crippen LogP contribution in [0.1, 0.15) is 11.1 Å². The summed E-state index contributed by atoms with van der Waals surface area (Å²) in [6.45, 7) is 7.08. The minimum atomic E-state index is -1.04. The normalized spacial score (nSPS) is 10.9. The van der Waals surface area contributed by atoms with E-state index in [1.165, 1.54) is 11.6 Å². The van der Waals surface area contributed by atoms with Crippen molar-refractivity contribution in [2.45, 2.75) is 25.7 Å². The summed E-state index contributed by atoms with van der Waals surface area (Å²) in [5.74, 6) is 2.74. The summed E-state index contributed by atoms with van der Waals surface area (Å²) in [5, 5.41) is 0. The largest absolute Gasteiger partial charge is 0.115 e. The first-order valence-corrected chi connectivity index (χ1v) is 8.28. The maximum Gasteiger partial charge on any atom is 0.0487 e. The molecule has 0 fully saturated rings. The Labute approximate surface area is 82.0 Å². The molecule has 0 saturated heterocycles. The summed E-state index contributed by atoms with van der Waals surface area (Å²) in [5.41, 5.74) is 2.40. The smallest absolute Gasteiger partial charge is 0.0487 e. The third-order valence-corrected chi connectivity index (χ3v) is 3.34. The van der Waals surface area contributed by atoms with Gasteiger partial charge in [-0.25, -0.2) is 0 Å². The Morgan fingerprint density at radius 1 is 1.23 bits per heavy atom. The highest BCUT2D eigenvalue weighted by atomic mass is 28.3. The second-order valence-corrected chi connectivity index (χ2v) is 10.0. The fourth-order valence-corrected chi connectivity index (χ4v) is 2.84. The van der Waals surface area contributed by atoms with Crippen molar-refractivity contribution >= 4 is 8.07 Å². The highest BCUT2D eigenvalue weighted by molar-refractivity contribution is 6.75. The molecule has 0 atom stereocenters. The van der Waals surface area contributed by atoms with Gasteiger partial charge in [0.15, 0.2) is 0 Å². The van der Waals surface area contributed by atoms with Crippen LogP contribution in [0.4, 0.5) is 0 Å². The molecule has 1 heteroatoms. The second-order valence-electron chi connectivity index (χ2n) is 4.54. The van der Waals surface area contributed by atoms with E-state index >= 15 is 0 Å². The first kappa shape index (κ1) is 10.1. The standard InChI is InChI=1S/C12H16Si/c1-5-11-8-6-7-9-12(11)10-13(2,3)4/h1,6-9H,10H2,2-4H3. The second kappa shape index (κ2) is 3.80. The van der Waals surface area contributed by atoms with E-state index in [0.717, 1.165) is 5.56 Å². The van der Waals surface area contributed by atoms with Gasteiger partial charge in [-0.05, 0) is 17.7 Å². The van der Waals surface area contributed by atoms with E-state index in [1.54, 1.807) is 0 Å². The van der Waals surface area contributed by atoms with Crippen molar-refractivity contribution in [2.24, 2.45) is 0 Å². The summed E-state index contributed by atoms with van der Waals surface area (Å²) in [7, 11) is -1.04. The van der Waals surface area contributed by atoms with Crippen molar-refractivity contribution < 1.29 is 0 Å². The molecule has 0 N–H and O–H groups in total. The van der Waals surface area contributed by atoms with Crippen LogP contribution in [-0.4, -0.2) is 8.07 Å². The van der Waals surface area contributed by atoms with Crippen molar-refractivity contribution in [3.8, 4) is 12.3 Å². The molecule has 68 valence electrons. The van der Waals surface area contributed by atoms with Gasteiger partial charge in [0, 0.05) is 13.6 Å². The lowest BCUT2D eigenvalue weighted by Crippen LogP contribution is -2.24. The van der Waals surface area contributed by atoms with Crippen molar-refractivity contribution in [2.75, 3.05) is 0 Å². The molecule has 0 heterocycles. The van der Waals surface area contributed by atoms with Crippen LogP contribution >= 0.6 is 0 Å². The van der Waals surface area contributed by atoms with Gasteiger partial charge in [0.05, 0.1) is 0 Å². The monoisotopic (exact) mass is 188 g/mol. The van der Waals surface area contributed by atoms with Crippen LogP contribution in [0.5, 0.6) is 0 Å². The van der Waals surface area contributed by atoms with Gasteiger partial charge < -0.3 is 0 Å². The lowest BCUT2D eigenvalue weighted by molar-refractivity contribution is 1.29. The fraction of sp³-hybridized carbons (Fsp3) is 0.333. The van der Waals surface area contributed by atoms with Gasteiger partial charge in [0.25, 0.3) is 0 Å². The first-order valence-electron chi connectivity index (χ1n) is 4.57. The van der Waals surface area contributed by atoms with Gasteiger partial charge in [0.2, 0.25) is 0 Å². The van der Waals surface area contributed by atoms with E-state index in [-0.39, 0.29) is 0 Å². The first-order chi connectivity index (χ1) is 6.03. The molecular formula is C12H16Si. The van der Waals surface area contributed by atoms with E-state index < -0.39 is 8.07 Å². The molecule has 0 unspecified atom stereocenters. The van der Waals surface area contributed by atoms with E-state index in [4.69, 9.17) is 6.42 Å². The van der Waals surface area contributed by atoms with Gasteiger partial charge in [-0.15, -0.1) is 6.42 Å². The van der Waals surface area contributed by atoms with Gasteiger partial charge in [-0.3, -0.25) is 0 Å². The third kappa shape index (κ3) is 3.08. The number of hydrogen-bond acceptors (Lipinski definition) is 0. The zero-order valence-electron chi connectivity index (χ0n) is 8.59. The maximum atomic E-state index is 5.43. The molecule has 0 aliphatic rings. The number of hydrogen-bond donors (Lipinski definition) is 0. The quantitative estimate of drug-likeness (QED) is 0.494. The summed E-state index contributed by atoms with van der Waals surface area (Å²) in [6.07, 6.45) is 5.43. The number of benzene rings is 1. The van der Waals surface area contributed by atoms with Crippen molar-refractivity contribution in [3.05, 3.63) is 35.4 Å². The molecule has 0 bridgehead atoms. The van der Waals surface area contributed by atoms with Crippen LogP contribution in [0.3, 0.4) is 0 Å². The van der Waals surface area contributed by atoms with E-state index in [2.05, 4.69) is 37.7 Å². The Morgan fingerprint density at radius 3 is 2.38 bits per heavy atom. The molecule has 0 aromatic heterocycles. The minimum absolute atomic E-state index is 1.04. The number of rotatable bonds is 2. The average Bonchev–Trinajstić information content (AvgIpc) is 2.02. The molecule has 0 aliphatic carbocycles. The summed E-state index contributed by atoms with van der Waals surface area (Å²) < 4.78 is 0. The van der Waals surface area contributed by atoms with E-state index in [0.29, 0.717) is 0 Å². The third-order valence-electron chi connectivity index (χ3n) is 1.89. The Kier molecular flexibility index (Phi) is 2.95. The van der Waals surface area contributed by atoms with Gasteiger partial charge in [-0.1, -0.05) is 43.8 Å². The Morgan fingerprint density at radius 2 is 1.85 bits per heavy atom. The van der Waals surface area contributed by atoms with Gasteiger partial charge in [0.1, 0.15) is 0 Å². The summed E-state index contributed by atoms with van der Waals surface area (Å²) in [6, 6.07) is 9.41. The molecule has 0 saturated carbocycles. The molecule has 0 aliphatic heterocycles. The molecule has 0 nitrogen and oxygen atoms in total. The Balaban J connectivity index is 2.96. The highest BCUT2D eigenvalue weighted by Gasteiger charge is 2.14. The van der Waals surface area contributed by atoms with Crippen molar-refractivity contribution in [1.29, 1.82) is 0 Å². The summed E-state index contributed by atoms with van der Waals surface area (Å²) in [4.78, 5) is 0. The Bertz CT molecular complexity index is 326. The molecule has 0 radical (unpaired) electrons. The van der Waals surface area contributed by atoms with Crippen molar-refractivity contribution in [1.82, 2.24) is 0 Å². The van der Waals surface area contributed by atoms with Gasteiger partial charge >= 0.3 is 0 Å². The lowest BCUT2D eigenvalue weighted by Gasteiger charge is -2.16. The fourth-order valence-electron chi connectivity index (χ4n) is 1.39. The minimum Gasteiger partial charge on any atom is -0.115 e. The lowest BCUT2D eigenvalue weighted by atomic mass is 10.1. The van der Waals surface area contributed by atoms with Crippen LogP contribution in [0, 0.1) is 12.3 Å². The maximum absolute atomic E-state index is 5.43. The van der Waals surface area contributed by atoms with Crippen LogP contribution in [0.25, 0.3) is 0 Å². The molecule has 1 rings (SSSR count). The molecule has 0 spiro atoms. The molecule has 13 heavy (non-hydrogen) atoms. The van der Waals surface area contributed by atoms with Crippen molar-refractivity contribution in [3.63, 3.8) is 0 Å². The zero-order valence-corrected chi connectivity index (χ0v) is 9.59. The predicted octanol–water partition coefficient (Wildman–Crippen LogP) is 3.09. The Hall–Kier alpha value is -1.00. The van der Waals surface area contributed by atoms with Crippen LogP contribution in [-0.2, 0) is 6.04 Å². The molecule has 0 amide bonds. The molecule has 1 aromatic rings.